The highest BCUT2D eigenvalue weighted by Gasteiger charge is 2.34. The predicted octanol–water partition coefficient (Wildman–Crippen LogP) is 0.354. The van der Waals surface area contributed by atoms with E-state index in [9.17, 15) is 9.90 Å². The molecule has 19 heavy (non-hydrogen) atoms. The van der Waals surface area contributed by atoms with E-state index in [2.05, 4.69) is 16.0 Å². The molecule has 1 atom stereocenters. The lowest BCUT2D eigenvalue weighted by Gasteiger charge is -2.29. The number of ether oxygens (including phenoxy) is 1. The first-order valence-corrected chi connectivity index (χ1v) is 6.59. The first-order valence-electron chi connectivity index (χ1n) is 5.61. The molecule has 0 bridgehead atoms. The van der Waals surface area contributed by atoms with Crippen LogP contribution in [0.2, 0.25) is 0 Å². The second-order valence-electron chi connectivity index (χ2n) is 4.03. The molecule has 2 heterocycles. The number of fused-ring (bicyclic) bond motifs is 1. The monoisotopic (exact) mass is 280 g/mol. The van der Waals surface area contributed by atoms with E-state index >= 15 is 0 Å². The van der Waals surface area contributed by atoms with Gasteiger partial charge in [0.15, 0.2) is 11.5 Å². The molecule has 2 aliphatic rings. The Bertz CT molecular complexity index is 563. The maximum absolute atomic E-state index is 11.6. The number of nitrogens with zero attached hydrogens (tertiary/aromatic N) is 2. The van der Waals surface area contributed by atoms with Crippen molar-refractivity contribution in [3.05, 3.63) is 23.8 Å². The van der Waals surface area contributed by atoms with E-state index in [1.807, 2.05) is 0 Å². The average Bonchev–Trinajstić information content (AvgIpc) is 2.80. The Morgan fingerprint density at radius 2 is 2.42 bits per heavy atom. The highest BCUT2D eigenvalue weighted by molar-refractivity contribution is 8.15. The van der Waals surface area contributed by atoms with E-state index in [0.29, 0.717) is 16.7 Å². The third-order valence-electron chi connectivity index (χ3n) is 2.85. The number of phenolic OH excluding ortho intramolecular Hbond substituents is 1. The number of nitrogens with one attached hydrogen (secondary N) is 2. The van der Waals surface area contributed by atoms with Crippen molar-refractivity contribution in [3.8, 4) is 11.5 Å². The minimum atomic E-state index is -0.346. The Labute approximate surface area is 113 Å². The molecule has 3 rings (SSSR count). The Morgan fingerprint density at radius 1 is 1.58 bits per heavy atom. The quantitative estimate of drug-likeness (QED) is 0.725. The fourth-order valence-corrected chi connectivity index (χ4v) is 2.65. The molecule has 0 radical (unpaired) electrons. The lowest BCUT2D eigenvalue weighted by atomic mass is 10.1. The van der Waals surface area contributed by atoms with Crippen LogP contribution in [0, 0.1) is 0 Å². The molecule has 3 N–H and O–H groups in total. The average molecular weight is 280 g/mol. The van der Waals surface area contributed by atoms with E-state index < -0.39 is 0 Å². The van der Waals surface area contributed by atoms with Crippen molar-refractivity contribution in [1.82, 2.24) is 15.9 Å². The number of carbonyl (C=O) groups is 1. The summed E-state index contributed by atoms with van der Waals surface area (Å²) in [7, 11) is 1.48. The molecule has 100 valence electrons. The minimum absolute atomic E-state index is 0.0269. The summed E-state index contributed by atoms with van der Waals surface area (Å²) in [4.78, 5) is 11.6. The molecule has 1 aromatic rings. The predicted molar refractivity (Wildman–Crippen MR) is 70.4 cm³/mol. The summed E-state index contributed by atoms with van der Waals surface area (Å²) in [5.74, 6) is 0.803. The van der Waals surface area contributed by atoms with Gasteiger partial charge >= 0.3 is 0 Å². The highest BCUT2D eigenvalue weighted by atomic mass is 32.2. The van der Waals surface area contributed by atoms with Gasteiger partial charge < -0.3 is 9.84 Å². The third kappa shape index (κ3) is 2.08. The molecule has 0 aliphatic carbocycles. The van der Waals surface area contributed by atoms with Crippen LogP contribution in [0.1, 0.15) is 11.7 Å². The Hall–Kier alpha value is -1.93. The van der Waals surface area contributed by atoms with Gasteiger partial charge in [0.05, 0.1) is 12.9 Å². The zero-order valence-electron chi connectivity index (χ0n) is 10.1. The zero-order chi connectivity index (χ0) is 13.4. The number of rotatable bonds is 2. The maximum atomic E-state index is 11.6. The summed E-state index contributed by atoms with van der Waals surface area (Å²) in [6.07, 6.45) is -0.346. The van der Waals surface area contributed by atoms with Gasteiger partial charge in [0, 0.05) is 0 Å². The standard InChI is InChI=1S/C11H12N4O3S/c1-18-8-4-6(2-3-7(8)16)10-12-13-11-15(14-10)9(17)5-19-11/h2-4,10,12,14,16H,5H2,1H3/t10-/m0/s1. The van der Waals surface area contributed by atoms with E-state index in [1.165, 1.54) is 29.9 Å². The fraction of sp³-hybridized carbons (Fsp3) is 0.273. The largest absolute Gasteiger partial charge is 0.504 e. The topological polar surface area (TPSA) is 86.2 Å². The number of hydrogen-bond acceptors (Lipinski definition) is 7. The first-order chi connectivity index (χ1) is 9.19. The molecule has 8 heteroatoms. The van der Waals surface area contributed by atoms with Gasteiger partial charge in [-0.2, -0.15) is 10.5 Å². The van der Waals surface area contributed by atoms with Crippen LogP contribution in [0.15, 0.2) is 23.3 Å². The number of benzene rings is 1. The molecular weight excluding hydrogens is 268 g/mol. The van der Waals surface area contributed by atoms with E-state index in [1.54, 1.807) is 12.1 Å². The van der Waals surface area contributed by atoms with Crippen LogP contribution in [0.3, 0.4) is 0 Å². The lowest BCUT2D eigenvalue weighted by molar-refractivity contribution is -0.127. The van der Waals surface area contributed by atoms with E-state index in [-0.39, 0.29) is 17.8 Å². The Morgan fingerprint density at radius 3 is 3.21 bits per heavy atom. The van der Waals surface area contributed by atoms with Crippen molar-refractivity contribution in [2.45, 2.75) is 6.17 Å². The molecule has 1 aromatic carbocycles. The van der Waals surface area contributed by atoms with Crippen molar-refractivity contribution in [2.75, 3.05) is 12.9 Å². The molecule has 0 spiro atoms. The van der Waals surface area contributed by atoms with Crippen LogP contribution in [-0.4, -0.2) is 34.1 Å². The summed E-state index contributed by atoms with van der Waals surface area (Å²) in [5, 5.41) is 15.8. The van der Waals surface area contributed by atoms with Gasteiger partial charge in [-0.3, -0.25) is 10.2 Å². The van der Waals surface area contributed by atoms with Gasteiger partial charge in [0.25, 0.3) is 5.91 Å². The molecule has 0 unspecified atom stereocenters. The first kappa shape index (κ1) is 12.1. The number of thioether (sulfide) groups is 1. The molecule has 0 aromatic heterocycles. The number of methoxy groups -OCH3 is 1. The van der Waals surface area contributed by atoms with Crippen LogP contribution in [0.5, 0.6) is 11.5 Å². The van der Waals surface area contributed by atoms with Crippen LogP contribution in [-0.2, 0) is 4.79 Å². The van der Waals surface area contributed by atoms with Gasteiger partial charge in [-0.25, -0.2) is 5.01 Å². The molecule has 2 aliphatic heterocycles. The summed E-state index contributed by atoms with van der Waals surface area (Å²) < 4.78 is 5.06. The van der Waals surface area contributed by atoms with Crippen LogP contribution >= 0.6 is 11.8 Å². The van der Waals surface area contributed by atoms with Gasteiger partial charge in [-0.1, -0.05) is 17.8 Å². The third-order valence-corrected chi connectivity index (χ3v) is 3.77. The number of phenols is 1. The van der Waals surface area contributed by atoms with E-state index in [0.717, 1.165) is 5.56 Å². The second kappa shape index (κ2) is 4.63. The van der Waals surface area contributed by atoms with Crippen molar-refractivity contribution in [3.63, 3.8) is 0 Å². The van der Waals surface area contributed by atoms with Crippen molar-refractivity contribution < 1.29 is 14.6 Å². The highest BCUT2D eigenvalue weighted by Crippen LogP contribution is 2.30. The Kier molecular flexibility index (Phi) is 2.96. The molecule has 1 saturated heterocycles. The number of amidine groups is 1. The number of amides is 1. The Balaban J connectivity index is 1.86. The summed E-state index contributed by atoms with van der Waals surface area (Å²) in [6, 6.07) is 4.96. The number of hydrazine groups is 1. The van der Waals surface area contributed by atoms with Crippen molar-refractivity contribution in [2.24, 2.45) is 5.10 Å². The number of carbonyl (C=O) groups excluding carboxylic acids is 1. The number of hydrogen-bond donors (Lipinski definition) is 3. The molecule has 1 amide bonds. The van der Waals surface area contributed by atoms with Crippen molar-refractivity contribution >= 4 is 22.8 Å². The van der Waals surface area contributed by atoms with Gasteiger partial charge in [-0.05, 0) is 17.7 Å². The lowest BCUT2D eigenvalue weighted by Crippen LogP contribution is -2.51. The normalized spacial score (nSPS) is 21.7. The van der Waals surface area contributed by atoms with Gasteiger partial charge in [0.1, 0.15) is 6.17 Å². The van der Waals surface area contributed by atoms with Gasteiger partial charge in [-0.15, -0.1) is 0 Å². The summed E-state index contributed by atoms with van der Waals surface area (Å²) in [5.41, 5.74) is 6.77. The van der Waals surface area contributed by atoms with Gasteiger partial charge in [0.2, 0.25) is 5.17 Å². The number of aromatic hydroxyl groups is 1. The molecule has 1 fully saturated rings. The van der Waals surface area contributed by atoms with Crippen LogP contribution in [0.4, 0.5) is 0 Å². The number of hydrazone groups is 1. The van der Waals surface area contributed by atoms with Crippen LogP contribution < -0.4 is 15.6 Å². The summed E-state index contributed by atoms with van der Waals surface area (Å²) in [6.45, 7) is 0. The zero-order valence-corrected chi connectivity index (χ0v) is 10.9. The van der Waals surface area contributed by atoms with Crippen molar-refractivity contribution in [1.29, 1.82) is 0 Å². The van der Waals surface area contributed by atoms with E-state index in [4.69, 9.17) is 4.74 Å². The second-order valence-corrected chi connectivity index (χ2v) is 4.98. The smallest absolute Gasteiger partial charge is 0.253 e. The molecule has 0 saturated carbocycles. The molecular formula is C11H12N4O3S. The maximum Gasteiger partial charge on any atom is 0.253 e. The minimum Gasteiger partial charge on any atom is -0.504 e. The van der Waals surface area contributed by atoms with Crippen LogP contribution in [0.25, 0.3) is 0 Å². The molecule has 7 nitrogen and oxygen atoms in total. The SMILES string of the molecule is COc1cc([C@H]2NN=C3SCC(=O)N3N2)ccc1O. The summed E-state index contributed by atoms with van der Waals surface area (Å²) >= 11 is 1.38. The fourth-order valence-electron chi connectivity index (χ4n) is 1.87.